The number of aliphatic carboxylic acids is 1. The number of anilines is 1. The SMILES string of the molecule is O=C(O)CC(NC(=S)Nc1ccccc1)c1ccc(F)cc1. The summed E-state index contributed by atoms with van der Waals surface area (Å²) in [4.78, 5) is 11.0. The Hall–Kier alpha value is -2.47. The second-order valence-corrected chi connectivity index (χ2v) is 5.07. The molecule has 0 fully saturated rings. The summed E-state index contributed by atoms with van der Waals surface area (Å²) in [6, 6.07) is 14.4. The number of rotatable bonds is 5. The number of hydrogen-bond acceptors (Lipinski definition) is 2. The van der Waals surface area contributed by atoms with Gasteiger partial charge in [0.25, 0.3) is 0 Å². The van der Waals surface area contributed by atoms with E-state index in [-0.39, 0.29) is 12.2 Å². The first kappa shape index (κ1) is 15.9. The van der Waals surface area contributed by atoms with Crippen LogP contribution in [-0.2, 0) is 4.79 Å². The van der Waals surface area contributed by atoms with Gasteiger partial charge in [-0.15, -0.1) is 0 Å². The van der Waals surface area contributed by atoms with Crippen molar-refractivity contribution in [3.63, 3.8) is 0 Å². The van der Waals surface area contributed by atoms with E-state index in [9.17, 15) is 9.18 Å². The van der Waals surface area contributed by atoms with Crippen LogP contribution in [0.5, 0.6) is 0 Å². The summed E-state index contributed by atoms with van der Waals surface area (Å²) in [6.07, 6.45) is -0.164. The van der Waals surface area contributed by atoms with E-state index in [2.05, 4.69) is 10.6 Å². The highest BCUT2D eigenvalue weighted by atomic mass is 32.1. The standard InChI is InChI=1S/C16H15FN2O2S/c17-12-8-6-11(7-9-12)14(10-15(20)21)19-16(22)18-13-4-2-1-3-5-13/h1-9,14H,10H2,(H,20,21)(H2,18,19,22). The van der Waals surface area contributed by atoms with Crippen LogP contribution in [0.1, 0.15) is 18.0 Å². The topological polar surface area (TPSA) is 61.4 Å². The van der Waals surface area contributed by atoms with Crippen LogP contribution in [0.4, 0.5) is 10.1 Å². The fourth-order valence-corrected chi connectivity index (χ4v) is 2.23. The Balaban J connectivity index is 2.07. The summed E-state index contributed by atoms with van der Waals surface area (Å²) in [5, 5.41) is 15.3. The molecule has 2 aromatic rings. The summed E-state index contributed by atoms with van der Waals surface area (Å²) in [5.74, 6) is -1.34. The van der Waals surface area contributed by atoms with Crippen molar-refractivity contribution in [2.75, 3.05) is 5.32 Å². The molecule has 0 heterocycles. The van der Waals surface area contributed by atoms with Gasteiger partial charge in [0.15, 0.2) is 5.11 Å². The van der Waals surface area contributed by atoms with Gasteiger partial charge in [0.2, 0.25) is 0 Å². The molecule has 0 aliphatic carbocycles. The summed E-state index contributed by atoms with van der Waals surface area (Å²) in [6.45, 7) is 0. The van der Waals surface area contributed by atoms with Crippen molar-refractivity contribution in [1.29, 1.82) is 0 Å². The van der Waals surface area contributed by atoms with Crippen LogP contribution in [0.2, 0.25) is 0 Å². The molecule has 0 amide bonds. The highest BCUT2D eigenvalue weighted by Crippen LogP contribution is 2.18. The predicted molar refractivity (Wildman–Crippen MR) is 87.2 cm³/mol. The van der Waals surface area contributed by atoms with Gasteiger partial charge in [-0.2, -0.15) is 0 Å². The molecule has 0 aliphatic heterocycles. The van der Waals surface area contributed by atoms with Gasteiger partial charge in [-0.25, -0.2) is 4.39 Å². The predicted octanol–water partition coefficient (Wildman–Crippen LogP) is 3.33. The number of halogens is 1. The Morgan fingerprint density at radius 2 is 1.77 bits per heavy atom. The normalized spacial score (nSPS) is 11.5. The van der Waals surface area contributed by atoms with Crippen LogP contribution < -0.4 is 10.6 Å². The maximum absolute atomic E-state index is 13.0. The Morgan fingerprint density at radius 1 is 1.14 bits per heavy atom. The van der Waals surface area contributed by atoms with Gasteiger partial charge < -0.3 is 15.7 Å². The van der Waals surface area contributed by atoms with Crippen molar-refractivity contribution in [1.82, 2.24) is 5.32 Å². The smallest absolute Gasteiger partial charge is 0.305 e. The first-order valence-electron chi connectivity index (χ1n) is 6.64. The summed E-state index contributed by atoms with van der Waals surface area (Å²) < 4.78 is 13.0. The van der Waals surface area contributed by atoms with Gasteiger partial charge in [0.05, 0.1) is 12.5 Å². The number of nitrogens with one attached hydrogen (secondary N) is 2. The molecule has 4 nitrogen and oxygen atoms in total. The van der Waals surface area contributed by atoms with Crippen LogP contribution in [-0.4, -0.2) is 16.2 Å². The number of carbonyl (C=O) groups is 1. The zero-order valence-corrected chi connectivity index (χ0v) is 12.4. The van der Waals surface area contributed by atoms with Crippen LogP contribution >= 0.6 is 12.2 Å². The molecule has 0 aromatic heterocycles. The summed E-state index contributed by atoms with van der Waals surface area (Å²) in [7, 11) is 0. The van der Waals surface area contributed by atoms with E-state index >= 15 is 0 Å². The molecule has 1 atom stereocenters. The van der Waals surface area contributed by atoms with Gasteiger partial charge in [-0.05, 0) is 42.0 Å². The fraction of sp³-hybridized carbons (Fsp3) is 0.125. The minimum absolute atomic E-state index is 0.164. The summed E-state index contributed by atoms with van der Waals surface area (Å²) in [5.41, 5.74) is 1.45. The average molecular weight is 318 g/mol. The monoisotopic (exact) mass is 318 g/mol. The molecule has 0 spiro atoms. The molecule has 6 heteroatoms. The lowest BCUT2D eigenvalue weighted by Gasteiger charge is -2.20. The molecular formula is C16H15FN2O2S. The number of para-hydroxylation sites is 1. The Morgan fingerprint density at radius 3 is 2.36 bits per heavy atom. The lowest BCUT2D eigenvalue weighted by molar-refractivity contribution is -0.137. The van der Waals surface area contributed by atoms with Crippen LogP contribution in [0, 0.1) is 5.82 Å². The van der Waals surface area contributed by atoms with E-state index < -0.39 is 12.0 Å². The van der Waals surface area contributed by atoms with E-state index in [1.54, 1.807) is 12.1 Å². The largest absolute Gasteiger partial charge is 0.481 e. The van der Waals surface area contributed by atoms with E-state index in [0.29, 0.717) is 10.7 Å². The van der Waals surface area contributed by atoms with Crippen molar-refractivity contribution in [3.05, 3.63) is 66.0 Å². The van der Waals surface area contributed by atoms with Gasteiger partial charge in [-0.3, -0.25) is 4.79 Å². The molecule has 0 bridgehead atoms. The minimum atomic E-state index is -0.968. The molecule has 2 aromatic carbocycles. The third-order valence-corrected chi connectivity index (χ3v) is 3.21. The quantitative estimate of drug-likeness (QED) is 0.738. The van der Waals surface area contributed by atoms with Gasteiger partial charge >= 0.3 is 5.97 Å². The lowest BCUT2D eigenvalue weighted by Crippen LogP contribution is -2.33. The second kappa shape index (κ2) is 7.51. The Bertz CT molecular complexity index is 647. The van der Waals surface area contributed by atoms with Crippen molar-refractivity contribution in [3.8, 4) is 0 Å². The molecule has 3 N–H and O–H groups in total. The number of carboxylic acid groups (broad SMARTS) is 1. The molecule has 114 valence electrons. The number of benzene rings is 2. The first-order chi connectivity index (χ1) is 10.5. The van der Waals surface area contributed by atoms with Crippen LogP contribution in [0.3, 0.4) is 0 Å². The number of hydrogen-bond donors (Lipinski definition) is 3. The number of carboxylic acids is 1. The van der Waals surface area contributed by atoms with Crippen molar-refractivity contribution >= 4 is 29.0 Å². The molecule has 0 saturated heterocycles. The van der Waals surface area contributed by atoms with Gasteiger partial charge in [0, 0.05) is 5.69 Å². The summed E-state index contributed by atoms with van der Waals surface area (Å²) >= 11 is 5.20. The molecule has 0 saturated carbocycles. The van der Waals surface area contributed by atoms with E-state index in [4.69, 9.17) is 17.3 Å². The highest BCUT2D eigenvalue weighted by Gasteiger charge is 2.16. The molecule has 22 heavy (non-hydrogen) atoms. The van der Waals surface area contributed by atoms with Crippen molar-refractivity contribution in [2.45, 2.75) is 12.5 Å². The third-order valence-electron chi connectivity index (χ3n) is 2.99. The average Bonchev–Trinajstić information content (AvgIpc) is 2.48. The third kappa shape index (κ3) is 4.82. The fourth-order valence-electron chi connectivity index (χ4n) is 1.97. The van der Waals surface area contributed by atoms with Crippen LogP contribution in [0.25, 0.3) is 0 Å². The highest BCUT2D eigenvalue weighted by molar-refractivity contribution is 7.80. The second-order valence-electron chi connectivity index (χ2n) is 4.67. The molecular weight excluding hydrogens is 303 g/mol. The van der Waals surface area contributed by atoms with E-state index in [1.807, 2.05) is 30.3 Å². The molecule has 0 radical (unpaired) electrons. The minimum Gasteiger partial charge on any atom is -0.481 e. The maximum Gasteiger partial charge on any atom is 0.305 e. The molecule has 1 unspecified atom stereocenters. The van der Waals surface area contributed by atoms with Crippen LogP contribution in [0.15, 0.2) is 54.6 Å². The lowest BCUT2D eigenvalue weighted by atomic mass is 10.0. The van der Waals surface area contributed by atoms with E-state index in [1.165, 1.54) is 12.1 Å². The maximum atomic E-state index is 13.0. The molecule has 2 rings (SSSR count). The Kier molecular flexibility index (Phi) is 5.43. The first-order valence-corrected chi connectivity index (χ1v) is 7.05. The zero-order valence-electron chi connectivity index (χ0n) is 11.6. The van der Waals surface area contributed by atoms with E-state index in [0.717, 1.165) is 5.69 Å². The molecule has 0 aliphatic rings. The van der Waals surface area contributed by atoms with Crippen molar-refractivity contribution < 1.29 is 14.3 Å². The Labute approximate surface area is 133 Å². The van der Waals surface area contributed by atoms with Gasteiger partial charge in [-0.1, -0.05) is 30.3 Å². The number of thiocarbonyl (C=S) groups is 1. The van der Waals surface area contributed by atoms with Gasteiger partial charge in [0.1, 0.15) is 5.82 Å². The van der Waals surface area contributed by atoms with Crippen molar-refractivity contribution in [2.24, 2.45) is 0 Å². The zero-order chi connectivity index (χ0) is 15.9.